The van der Waals surface area contributed by atoms with E-state index in [2.05, 4.69) is 15.3 Å². The highest BCUT2D eigenvalue weighted by molar-refractivity contribution is 6.04. The van der Waals surface area contributed by atoms with Gasteiger partial charge in [0, 0.05) is 30.8 Å². The molecule has 1 N–H and O–H groups in total. The number of carbonyl (C=O) groups excluding carboxylic acids is 4. The molecule has 4 rings (SSSR count). The summed E-state index contributed by atoms with van der Waals surface area (Å²) in [6.45, 7) is 8.47. The Morgan fingerprint density at radius 2 is 1.76 bits per heavy atom. The van der Waals surface area contributed by atoms with Gasteiger partial charge in [-0.15, -0.1) is 0 Å². The van der Waals surface area contributed by atoms with Crippen molar-refractivity contribution in [1.82, 2.24) is 19.5 Å². The zero-order chi connectivity index (χ0) is 34.0. The summed E-state index contributed by atoms with van der Waals surface area (Å²) in [5.41, 5.74) is -0.548. The molecule has 46 heavy (non-hydrogen) atoms. The SMILES string of the molecule is CCOC(=O)c1c(-c2ccc(C(=O)Nc3cc(C)ccn3)cc2)nc([C@@H]2CCCN2C(=O)OC(C)(C)C)n1N(F)C(=O)C(C)(F)F. The number of rotatable bonds is 8. The van der Waals surface area contributed by atoms with Gasteiger partial charge in [-0.25, -0.2) is 19.6 Å². The number of pyridine rings is 1. The van der Waals surface area contributed by atoms with Crippen LogP contribution in [0.1, 0.15) is 85.7 Å². The molecule has 3 heterocycles. The maximum absolute atomic E-state index is 15.9. The molecule has 2 aromatic heterocycles. The Kier molecular flexibility index (Phi) is 9.73. The maximum Gasteiger partial charge on any atom is 0.410 e. The molecule has 0 bridgehead atoms. The first kappa shape index (κ1) is 33.9. The Hall–Kier alpha value is -4.95. The Labute approximate surface area is 263 Å². The predicted molar refractivity (Wildman–Crippen MR) is 160 cm³/mol. The van der Waals surface area contributed by atoms with Crippen molar-refractivity contribution in [1.29, 1.82) is 0 Å². The second kappa shape index (κ2) is 13.2. The number of aryl methyl sites for hydroxylation is 1. The van der Waals surface area contributed by atoms with Crippen LogP contribution in [0.2, 0.25) is 0 Å². The highest BCUT2D eigenvalue weighted by Gasteiger charge is 2.45. The minimum absolute atomic E-state index is 0.153. The number of carbonyl (C=O) groups is 4. The van der Waals surface area contributed by atoms with Crippen LogP contribution in [0.3, 0.4) is 0 Å². The molecule has 0 unspecified atom stereocenters. The average molecular weight is 645 g/mol. The first-order chi connectivity index (χ1) is 21.5. The molecule has 1 aliphatic heterocycles. The molecule has 15 heteroatoms. The molecule has 3 aromatic rings. The highest BCUT2D eigenvalue weighted by atomic mass is 19.3. The summed E-state index contributed by atoms with van der Waals surface area (Å²) in [7, 11) is 0. The van der Waals surface area contributed by atoms with Crippen LogP contribution in [0.4, 0.5) is 23.9 Å². The normalized spacial score (nSPS) is 15.0. The van der Waals surface area contributed by atoms with Gasteiger partial charge in [-0.2, -0.15) is 13.5 Å². The number of likely N-dealkylation sites (tertiary alicyclic amines) is 1. The molecule has 0 radical (unpaired) electrons. The number of benzene rings is 1. The van der Waals surface area contributed by atoms with E-state index in [0.717, 1.165) is 5.56 Å². The van der Waals surface area contributed by atoms with Crippen molar-refractivity contribution in [3.8, 4) is 11.3 Å². The van der Waals surface area contributed by atoms with Crippen LogP contribution in [0.25, 0.3) is 11.3 Å². The number of alkyl halides is 2. The number of nitrogens with one attached hydrogen (secondary N) is 1. The fourth-order valence-corrected chi connectivity index (χ4v) is 4.81. The third kappa shape index (κ3) is 7.46. The lowest BCUT2D eigenvalue weighted by molar-refractivity contribution is -0.146. The van der Waals surface area contributed by atoms with Crippen LogP contribution in [-0.4, -0.2) is 68.1 Å². The van der Waals surface area contributed by atoms with E-state index >= 15 is 4.48 Å². The lowest BCUT2D eigenvalue weighted by atomic mass is 10.1. The van der Waals surface area contributed by atoms with Gasteiger partial charge in [-0.3, -0.25) is 14.5 Å². The van der Waals surface area contributed by atoms with Gasteiger partial charge in [0.1, 0.15) is 17.1 Å². The van der Waals surface area contributed by atoms with E-state index in [-0.39, 0.29) is 49.1 Å². The van der Waals surface area contributed by atoms with Gasteiger partial charge in [-0.1, -0.05) is 21.8 Å². The van der Waals surface area contributed by atoms with Gasteiger partial charge in [0.25, 0.3) is 5.91 Å². The van der Waals surface area contributed by atoms with Gasteiger partial charge in [0.05, 0.1) is 12.6 Å². The Morgan fingerprint density at radius 1 is 1.09 bits per heavy atom. The molecule has 0 saturated carbocycles. The van der Waals surface area contributed by atoms with Crippen LogP contribution >= 0.6 is 0 Å². The Bertz CT molecular complexity index is 1630. The topological polar surface area (TPSA) is 136 Å². The van der Waals surface area contributed by atoms with Crippen LogP contribution in [0, 0.1) is 6.92 Å². The minimum atomic E-state index is -4.18. The lowest BCUT2D eigenvalue weighted by Crippen LogP contribution is -2.46. The molecule has 12 nitrogen and oxygen atoms in total. The molecular weight excluding hydrogens is 609 g/mol. The van der Waals surface area contributed by atoms with Crippen molar-refractivity contribution in [2.75, 3.05) is 23.7 Å². The molecule has 0 aliphatic carbocycles. The van der Waals surface area contributed by atoms with Gasteiger partial charge in [0.2, 0.25) is 0 Å². The molecule has 1 aliphatic rings. The second-order valence-corrected chi connectivity index (χ2v) is 11.7. The van der Waals surface area contributed by atoms with Crippen LogP contribution in [0.15, 0.2) is 42.6 Å². The van der Waals surface area contributed by atoms with Gasteiger partial charge in [-0.05, 0) is 77.3 Å². The number of nitrogens with zero attached hydrogens (tertiary/aromatic N) is 5. The fourth-order valence-electron chi connectivity index (χ4n) is 4.81. The van der Waals surface area contributed by atoms with E-state index in [1.807, 2.05) is 6.92 Å². The second-order valence-electron chi connectivity index (χ2n) is 11.7. The summed E-state index contributed by atoms with van der Waals surface area (Å²) >= 11 is 0. The monoisotopic (exact) mass is 644 g/mol. The molecule has 3 amide bonds. The number of ether oxygens (including phenoxy) is 2. The van der Waals surface area contributed by atoms with Crippen molar-refractivity contribution in [2.45, 2.75) is 71.9 Å². The van der Waals surface area contributed by atoms with E-state index in [1.165, 1.54) is 36.1 Å². The van der Waals surface area contributed by atoms with Crippen molar-refractivity contribution in [2.24, 2.45) is 0 Å². The van der Waals surface area contributed by atoms with Gasteiger partial charge in [0.15, 0.2) is 11.5 Å². The number of halogens is 3. The first-order valence-corrected chi connectivity index (χ1v) is 14.5. The number of hydrogen-bond acceptors (Lipinski definition) is 8. The smallest absolute Gasteiger partial charge is 0.410 e. The molecule has 246 valence electrons. The van der Waals surface area contributed by atoms with E-state index in [1.54, 1.807) is 39.1 Å². The Balaban J connectivity index is 1.84. The standard InChI is InChI=1S/C31H35F3N6O6/c1-7-45-27(42)24-23(19-10-12-20(13-11-19)26(41)36-22-17-18(2)14-15-35-22)37-25(39(24)40(34)28(43)31(6,32)33)21-9-8-16-38(21)29(44)46-30(3,4)5/h10-15,17,21H,7-9,16H2,1-6H3,(H,35,36,41)/t21-/m0/s1. The van der Waals surface area contributed by atoms with E-state index in [4.69, 9.17) is 9.47 Å². The largest absolute Gasteiger partial charge is 0.461 e. The van der Waals surface area contributed by atoms with Crippen LogP contribution in [-0.2, 0) is 14.3 Å². The predicted octanol–water partition coefficient (Wildman–Crippen LogP) is 5.76. The number of imidazole rings is 1. The number of esters is 1. The molecule has 1 fully saturated rings. The third-order valence-corrected chi connectivity index (χ3v) is 6.82. The first-order valence-electron chi connectivity index (χ1n) is 14.5. The Morgan fingerprint density at radius 3 is 2.35 bits per heavy atom. The number of anilines is 1. The van der Waals surface area contributed by atoms with Crippen molar-refractivity contribution in [3.63, 3.8) is 0 Å². The molecule has 1 atom stereocenters. The summed E-state index contributed by atoms with van der Waals surface area (Å²) < 4.78 is 55.1. The molecule has 1 aromatic carbocycles. The molecular formula is C31H35F3N6O6. The molecule has 1 saturated heterocycles. The van der Waals surface area contributed by atoms with Crippen LogP contribution in [0.5, 0.6) is 0 Å². The number of hydrogen-bond donors (Lipinski definition) is 1. The summed E-state index contributed by atoms with van der Waals surface area (Å²) in [6.07, 6.45) is 1.36. The van der Waals surface area contributed by atoms with Crippen LogP contribution < -0.4 is 10.5 Å². The van der Waals surface area contributed by atoms with E-state index in [0.29, 0.717) is 16.9 Å². The lowest BCUT2D eigenvalue weighted by Gasteiger charge is -2.29. The fraction of sp³-hybridized carbons (Fsp3) is 0.419. The summed E-state index contributed by atoms with van der Waals surface area (Å²) in [5, 5.41) is 1.78. The zero-order valence-electron chi connectivity index (χ0n) is 26.3. The quantitative estimate of drug-likeness (QED) is 0.242. The van der Waals surface area contributed by atoms with Crippen molar-refractivity contribution >= 4 is 29.7 Å². The summed E-state index contributed by atoms with van der Waals surface area (Å²) in [5.74, 6) is -8.17. The number of amides is 3. The van der Waals surface area contributed by atoms with E-state index in [9.17, 15) is 28.0 Å². The van der Waals surface area contributed by atoms with Crippen molar-refractivity contribution < 1.29 is 41.9 Å². The van der Waals surface area contributed by atoms with Gasteiger partial charge < -0.3 is 14.8 Å². The highest BCUT2D eigenvalue weighted by Crippen LogP contribution is 2.37. The van der Waals surface area contributed by atoms with E-state index < -0.39 is 52.4 Å². The summed E-state index contributed by atoms with van der Waals surface area (Å²) in [4.78, 5) is 61.6. The molecule has 0 spiro atoms. The maximum atomic E-state index is 15.9. The zero-order valence-corrected chi connectivity index (χ0v) is 26.3. The van der Waals surface area contributed by atoms with Crippen molar-refractivity contribution in [3.05, 3.63) is 65.2 Å². The summed E-state index contributed by atoms with van der Waals surface area (Å²) in [6, 6.07) is 8.03. The minimum Gasteiger partial charge on any atom is -0.461 e. The third-order valence-electron chi connectivity index (χ3n) is 6.82. The number of aromatic nitrogens is 3. The average Bonchev–Trinajstić information content (AvgIpc) is 3.61. The van der Waals surface area contributed by atoms with Gasteiger partial charge >= 0.3 is 23.9 Å².